The minimum absolute atomic E-state index is 0.0892. The first kappa shape index (κ1) is 18.9. The van der Waals surface area contributed by atoms with Gasteiger partial charge in [-0.2, -0.15) is 0 Å². The van der Waals surface area contributed by atoms with Crippen LogP contribution in [0.4, 0.5) is 0 Å². The number of carbonyl (C=O) groups is 3. The van der Waals surface area contributed by atoms with Crippen molar-refractivity contribution in [1.82, 2.24) is 10.2 Å². The number of carbonyl (C=O) groups excluding carboxylic acids is 3. The van der Waals surface area contributed by atoms with Gasteiger partial charge in [0, 0.05) is 31.5 Å². The smallest absolute Gasteiger partial charge is 0.271 e. The lowest BCUT2D eigenvalue weighted by Crippen LogP contribution is -2.46. The lowest BCUT2D eigenvalue weighted by Gasteiger charge is -2.25. The molecule has 0 bridgehead atoms. The van der Waals surface area contributed by atoms with Crippen LogP contribution in [0.5, 0.6) is 0 Å². The maximum atomic E-state index is 12.8. The van der Waals surface area contributed by atoms with Gasteiger partial charge in [0.25, 0.3) is 12.6 Å². The van der Waals surface area contributed by atoms with Crippen molar-refractivity contribution in [1.29, 1.82) is 5.26 Å². The van der Waals surface area contributed by atoms with E-state index < -0.39 is 6.04 Å². The molecule has 1 N–H and O–H groups in total. The van der Waals surface area contributed by atoms with Crippen molar-refractivity contribution in [2.24, 2.45) is 0 Å². The first-order chi connectivity index (χ1) is 13.1. The second kappa shape index (κ2) is 8.21. The Morgan fingerprint density at radius 1 is 1.48 bits per heavy atom. The molecule has 0 spiro atoms. The highest BCUT2D eigenvalue weighted by molar-refractivity contribution is 6.67. The van der Waals surface area contributed by atoms with Crippen molar-refractivity contribution >= 4 is 30.4 Å². The molecule has 0 aromatic heterocycles. The van der Waals surface area contributed by atoms with E-state index in [0.717, 1.165) is 36.5 Å². The number of rotatable bonds is 6. The number of nitrogens with zero attached hydrogens (tertiary/aromatic N) is 2. The van der Waals surface area contributed by atoms with Gasteiger partial charge in [-0.15, -0.1) is 0 Å². The standard InChI is InChI=1S/C20H22BN3O3/c1-23-19(26)18(3-2-10-25)24-12-16-11-15(4-5-17(16)20(24)27)14-6-8-21(13-22)9-7-14/h4-6,10-11,18H,2-3,7-9,12H2,1H3,(H,23,26). The molecule has 2 amide bonds. The summed E-state index contributed by atoms with van der Waals surface area (Å²) in [5.74, 6) is 1.89. The Kier molecular flexibility index (Phi) is 5.75. The molecule has 138 valence electrons. The zero-order chi connectivity index (χ0) is 19.4. The number of hydrogen-bond donors (Lipinski definition) is 1. The molecule has 3 rings (SSSR count). The van der Waals surface area contributed by atoms with E-state index >= 15 is 0 Å². The lowest BCUT2D eigenvalue weighted by molar-refractivity contribution is -0.125. The maximum Gasteiger partial charge on any atom is 0.271 e. The Labute approximate surface area is 159 Å². The van der Waals surface area contributed by atoms with Crippen molar-refractivity contribution in [2.75, 3.05) is 7.05 Å². The third-order valence-electron chi connectivity index (χ3n) is 5.38. The van der Waals surface area contributed by atoms with Crippen LogP contribution >= 0.6 is 0 Å². The van der Waals surface area contributed by atoms with Gasteiger partial charge in [-0.05, 0) is 48.0 Å². The van der Waals surface area contributed by atoms with Crippen LogP contribution in [0.1, 0.15) is 40.7 Å². The SMILES string of the molecule is CNC(=O)C(CCC=O)N1Cc2cc(C3=CCB(C#N)CC3)ccc2C1=O. The van der Waals surface area contributed by atoms with Gasteiger partial charge >= 0.3 is 0 Å². The first-order valence-corrected chi connectivity index (χ1v) is 9.27. The molecule has 1 aromatic rings. The Hall–Kier alpha value is -2.88. The van der Waals surface area contributed by atoms with Gasteiger partial charge in [0.15, 0.2) is 0 Å². The lowest BCUT2D eigenvalue weighted by atomic mass is 9.43. The second-order valence-electron chi connectivity index (χ2n) is 7.01. The Bertz CT molecular complexity index is 843. The maximum absolute atomic E-state index is 12.8. The van der Waals surface area contributed by atoms with Crippen molar-refractivity contribution in [3.05, 3.63) is 41.0 Å². The number of likely N-dealkylation sites (N-methyl/N-ethyl adjacent to an activating group) is 1. The topological polar surface area (TPSA) is 90.3 Å². The van der Waals surface area contributed by atoms with E-state index in [0.29, 0.717) is 18.5 Å². The summed E-state index contributed by atoms with van der Waals surface area (Å²) in [4.78, 5) is 37.3. The molecule has 7 heteroatoms. The third kappa shape index (κ3) is 3.80. The number of aldehydes is 1. The molecule has 2 aliphatic rings. The number of nitrogens with one attached hydrogen (secondary N) is 1. The number of amides is 2. The van der Waals surface area contributed by atoms with E-state index in [4.69, 9.17) is 5.26 Å². The average Bonchev–Trinajstić information content (AvgIpc) is 3.04. The predicted molar refractivity (Wildman–Crippen MR) is 103 cm³/mol. The molecule has 0 radical (unpaired) electrons. The second-order valence-corrected chi connectivity index (χ2v) is 7.01. The van der Waals surface area contributed by atoms with Gasteiger partial charge in [-0.1, -0.05) is 18.5 Å². The van der Waals surface area contributed by atoms with Gasteiger partial charge < -0.3 is 15.0 Å². The summed E-state index contributed by atoms with van der Waals surface area (Å²) >= 11 is 0. The molecule has 0 saturated heterocycles. The van der Waals surface area contributed by atoms with Gasteiger partial charge in [0.2, 0.25) is 5.91 Å². The summed E-state index contributed by atoms with van der Waals surface area (Å²) in [6.45, 7) is 0.457. The molecule has 1 aromatic carbocycles. The average molecular weight is 363 g/mol. The predicted octanol–water partition coefficient (Wildman–Crippen LogP) is 2.08. The molecule has 0 fully saturated rings. The molecule has 2 heterocycles. The van der Waals surface area contributed by atoms with Crippen molar-refractivity contribution in [3.63, 3.8) is 0 Å². The van der Waals surface area contributed by atoms with Crippen LogP contribution in [0.15, 0.2) is 24.3 Å². The van der Waals surface area contributed by atoms with Gasteiger partial charge in [-0.3, -0.25) is 9.59 Å². The number of fused-ring (bicyclic) bond motifs is 1. The summed E-state index contributed by atoms with van der Waals surface area (Å²) in [6, 6.07) is 5.14. The fourth-order valence-corrected chi connectivity index (χ4v) is 3.83. The molecule has 1 unspecified atom stereocenters. The van der Waals surface area contributed by atoms with Gasteiger partial charge in [0.05, 0.1) is 0 Å². The molecular weight excluding hydrogens is 341 g/mol. The van der Waals surface area contributed by atoms with E-state index in [-0.39, 0.29) is 24.9 Å². The number of allylic oxidation sites excluding steroid dienone is 2. The van der Waals surface area contributed by atoms with Crippen LogP contribution in [0.3, 0.4) is 0 Å². The van der Waals surface area contributed by atoms with Crippen LogP contribution in [0.25, 0.3) is 5.57 Å². The zero-order valence-corrected chi connectivity index (χ0v) is 15.4. The number of benzene rings is 1. The quantitative estimate of drug-likeness (QED) is 0.619. The highest BCUT2D eigenvalue weighted by atomic mass is 16.2. The minimum atomic E-state index is -0.645. The van der Waals surface area contributed by atoms with Gasteiger partial charge in [-0.25, -0.2) is 5.26 Å². The Morgan fingerprint density at radius 3 is 2.93 bits per heavy atom. The molecule has 1 atom stereocenters. The Morgan fingerprint density at radius 2 is 2.30 bits per heavy atom. The molecule has 6 nitrogen and oxygen atoms in total. The van der Waals surface area contributed by atoms with Crippen LogP contribution < -0.4 is 5.32 Å². The zero-order valence-electron chi connectivity index (χ0n) is 15.4. The summed E-state index contributed by atoms with van der Waals surface area (Å²) in [6.07, 6.45) is 5.91. The molecule has 27 heavy (non-hydrogen) atoms. The van der Waals surface area contributed by atoms with Gasteiger partial charge in [0.1, 0.15) is 12.3 Å². The van der Waals surface area contributed by atoms with E-state index in [9.17, 15) is 14.4 Å². The number of nitriles is 1. The summed E-state index contributed by atoms with van der Waals surface area (Å²) in [5.41, 5.74) is 3.80. The first-order valence-electron chi connectivity index (χ1n) is 9.27. The van der Waals surface area contributed by atoms with E-state index in [2.05, 4.69) is 17.4 Å². The normalized spacial score (nSPS) is 17.0. The van der Waals surface area contributed by atoms with E-state index in [1.54, 1.807) is 4.90 Å². The fourth-order valence-electron chi connectivity index (χ4n) is 3.83. The van der Waals surface area contributed by atoms with Crippen LogP contribution in [0, 0.1) is 11.2 Å². The molecule has 0 saturated carbocycles. The highest BCUT2D eigenvalue weighted by Gasteiger charge is 2.36. The largest absolute Gasteiger partial charge is 0.357 e. The Balaban J connectivity index is 1.82. The van der Waals surface area contributed by atoms with E-state index in [1.165, 1.54) is 12.6 Å². The summed E-state index contributed by atoms with van der Waals surface area (Å²) in [7, 11) is 1.53. The molecule has 0 aliphatic carbocycles. The third-order valence-corrected chi connectivity index (χ3v) is 5.38. The van der Waals surface area contributed by atoms with Crippen LogP contribution in [-0.4, -0.2) is 42.8 Å². The summed E-state index contributed by atoms with van der Waals surface area (Å²) < 4.78 is 0. The minimum Gasteiger partial charge on any atom is -0.357 e. The van der Waals surface area contributed by atoms with Crippen LogP contribution in [0.2, 0.25) is 12.6 Å². The number of hydrogen-bond acceptors (Lipinski definition) is 4. The van der Waals surface area contributed by atoms with Crippen LogP contribution in [-0.2, 0) is 16.1 Å². The van der Waals surface area contributed by atoms with E-state index in [1.807, 2.05) is 18.2 Å². The fraction of sp³-hybridized carbons (Fsp3) is 0.400. The molecule has 2 aliphatic heterocycles. The van der Waals surface area contributed by atoms with Crippen molar-refractivity contribution < 1.29 is 14.4 Å². The molecular formula is C20H22BN3O3. The summed E-state index contributed by atoms with van der Waals surface area (Å²) in [5, 5.41) is 11.6. The monoisotopic (exact) mass is 363 g/mol. The highest BCUT2D eigenvalue weighted by Crippen LogP contribution is 2.32. The van der Waals surface area contributed by atoms with Crippen molar-refractivity contribution in [3.8, 4) is 5.97 Å². The van der Waals surface area contributed by atoms with Crippen molar-refractivity contribution in [2.45, 2.75) is 44.5 Å².